The molecule has 0 aromatic heterocycles. The minimum absolute atomic E-state index is 0.204. The lowest BCUT2D eigenvalue weighted by Gasteiger charge is -2.62. The minimum atomic E-state index is -5.28. The van der Waals surface area contributed by atoms with Crippen molar-refractivity contribution < 1.29 is 49.4 Å². The van der Waals surface area contributed by atoms with Gasteiger partial charge >= 0.3 is 70.4 Å². The molecule has 6 aliphatic rings. The van der Waals surface area contributed by atoms with Crippen LogP contribution < -0.4 is 84.0 Å². The number of hydrogen-bond donors (Lipinski definition) is 8. The largest absolute Gasteiger partial charge is 0.515 e. The SMILES string of the molecule is C#CCNc1ccc([Si]23O[Si]4(c5ccc(NCC#C)cc5)O[Si]5(c6ccc(NCC#C)cc6)O[Si](c6ccc(NCC#C)cc6)(O2)O[Si]2(c6ccc(NCC#C)cc6)O[Si](c6ccc(NCC#C)cc6)(O3)O[Si](c3ccc(NCC#C)cc3)(O4)O[Si](c3ccc(NCC#C)cc3)(O5)O2)cc1. The Morgan fingerprint density at radius 2 is 0.260 bits per heavy atom. The zero-order valence-corrected chi connectivity index (χ0v) is 61.6. The van der Waals surface area contributed by atoms with Gasteiger partial charge in [0, 0.05) is 87.0 Å². The normalized spacial score (nSPS) is 25.7. The minimum Gasteiger partial charge on any atom is -0.374 e. The molecule has 0 amide bonds. The molecule has 6 heterocycles. The van der Waals surface area contributed by atoms with E-state index in [1.165, 1.54) is 0 Å². The zero-order valence-electron chi connectivity index (χ0n) is 53.6. The summed E-state index contributed by atoms with van der Waals surface area (Å²) < 4.78 is 102. The van der Waals surface area contributed by atoms with E-state index in [1.807, 2.05) is 194 Å². The molecule has 0 unspecified atom stereocenters. The van der Waals surface area contributed by atoms with E-state index >= 15 is 0 Å². The Kier molecular flexibility index (Phi) is 19.8. The van der Waals surface area contributed by atoms with Crippen molar-refractivity contribution in [2.45, 2.75) is 0 Å². The number of hydrogen-bond acceptors (Lipinski definition) is 20. The van der Waals surface area contributed by atoms with Gasteiger partial charge in [0.15, 0.2) is 0 Å². The molecule has 0 aliphatic carbocycles. The van der Waals surface area contributed by atoms with Crippen LogP contribution in [0.25, 0.3) is 0 Å². The summed E-state index contributed by atoms with van der Waals surface area (Å²) in [6.45, 7) is 1.63. The van der Waals surface area contributed by atoms with Crippen molar-refractivity contribution in [3.63, 3.8) is 0 Å². The van der Waals surface area contributed by atoms with E-state index in [0.29, 0.717) is 87.0 Å². The van der Waals surface area contributed by atoms with Crippen LogP contribution in [0.2, 0.25) is 0 Å². The molecule has 0 saturated carbocycles. The molecule has 0 spiro atoms. The fourth-order valence-electron chi connectivity index (χ4n) is 11.6. The molecule has 20 nitrogen and oxygen atoms in total. The second-order valence-corrected chi connectivity index (χ2v) is 46.1. The summed E-state index contributed by atoms with van der Waals surface area (Å²) in [6, 6.07) is 58.6. The molecular weight excluding hydrogens is 1390 g/mol. The van der Waals surface area contributed by atoms with Gasteiger partial charge in [-0.2, -0.15) is 0 Å². The van der Waals surface area contributed by atoms with E-state index in [2.05, 4.69) is 89.9 Å². The summed E-state index contributed by atoms with van der Waals surface area (Å²) in [5.74, 6) is 21.4. The van der Waals surface area contributed by atoms with Gasteiger partial charge in [0.1, 0.15) is 0 Å². The van der Waals surface area contributed by atoms with Crippen LogP contribution in [0.3, 0.4) is 0 Å². The second kappa shape index (κ2) is 29.0. The molecule has 0 radical (unpaired) electrons. The van der Waals surface area contributed by atoms with Gasteiger partial charge in [-0.3, -0.25) is 0 Å². The Bertz CT molecular complexity index is 3710. The third-order valence-corrected chi connectivity index (χ3v) is 50.4. The van der Waals surface area contributed by atoms with Gasteiger partial charge in [0.05, 0.1) is 52.4 Å². The van der Waals surface area contributed by atoms with Crippen molar-refractivity contribution in [2.75, 3.05) is 94.9 Å². The summed E-state index contributed by atoms with van der Waals surface area (Å²) in [4.78, 5) is 0. The Morgan fingerprint density at radius 3 is 0.340 bits per heavy atom. The van der Waals surface area contributed by atoms with Gasteiger partial charge in [-0.1, -0.05) is 144 Å². The highest BCUT2D eigenvalue weighted by atomic mass is 28.6. The first-order valence-corrected chi connectivity index (χ1v) is 45.2. The van der Waals surface area contributed by atoms with E-state index in [-0.39, 0.29) is 52.4 Å². The van der Waals surface area contributed by atoms with Gasteiger partial charge in [-0.15, -0.1) is 51.4 Å². The summed E-state index contributed by atoms with van der Waals surface area (Å²) in [7, 11) is -42.3. The average Bonchev–Trinajstić information content (AvgIpc) is 0.666. The van der Waals surface area contributed by atoms with Crippen LogP contribution >= 0.6 is 0 Å². The molecule has 100 heavy (non-hydrogen) atoms. The smallest absolute Gasteiger partial charge is 0.374 e. The fraction of sp³-hybridized carbons (Fsp3) is 0.111. The quantitative estimate of drug-likeness (QED) is 0.0323. The van der Waals surface area contributed by atoms with Gasteiger partial charge in [0.25, 0.3) is 0 Å². The molecule has 8 aromatic carbocycles. The fourth-order valence-corrected chi connectivity index (χ4v) is 57.5. The number of anilines is 8. The highest BCUT2D eigenvalue weighted by molar-refractivity contribution is 7.14. The van der Waals surface area contributed by atoms with Crippen LogP contribution in [0.1, 0.15) is 0 Å². The predicted octanol–water partition coefficient (Wildman–Crippen LogP) is 3.38. The summed E-state index contributed by atoms with van der Waals surface area (Å²) in [5.41, 5.74) is 5.25. The van der Waals surface area contributed by atoms with Crippen LogP contribution in [0, 0.1) is 98.8 Å². The topological polar surface area (TPSA) is 207 Å². The molecule has 0 atom stereocenters. The molecule has 8 bridgehead atoms. The Morgan fingerprint density at radius 1 is 0.170 bits per heavy atom. The lowest BCUT2D eigenvalue weighted by atomic mass is 10.3. The van der Waals surface area contributed by atoms with Crippen LogP contribution in [-0.2, 0) is 49.4 Å². The standard InChI is InChI=1S/C72H64N8O12Si8/c1-9-49-73-57-17-33-65(34-18-57)93-81-94(66-35-19-58(20-36-66)74-50-10-2)84-97(69-41-25-61(26-42-69)77-53-13-5)86-95(82-93,67-37-21-59(22-38-67)75-51-11-3)88-99(71-45-29-63(30-46-71)79-55-15-7)89-96(83-93,68-39-23-60(24-40-68)76-52-12-4)87-98(85-94,70-43-27-62(28-44-70)78-54-14-6)91-100(90-97,92-99)72-47-31-64(32-48-72)80-56-16-8/h1-8,17-48,73-80H,49-56H2. The van der Waals surface area contributed by atoms with Gasteiger partial charge in [-0.25, -0.2) is 0 Å². The van der Waals surface area contributed by atoms with Crippen molar-refractivity contribution >= 4 is 157 Å². The maximum absolute atomic E-state index is 8.47. The Labute approximate surface area is 590 Å². The van der Waals surface area contributed by atoms with Crippen molar-refractivity contribution in [1.82, 2.24) is 0 Å². The number of benzene rings is 8. The Balaban J connectivity index is 1.23. The van der Waals surface area contributed by atoms with Crippen LogP contribution in [-0.4, -0.2) is 123 Å². The highest BCUT2D eigenvalue weighted by Gasteiger charge is 2.86. The Hall–Kier alpha value is -10.1. The average molecular weight is 1460 g/mol. The zero-order chi connectivity index (χ0) is 69.3. The van der Waals surface area contributed by atoms with Crippen LogP contribution in [0.15, 0.2) is 194 Å². The van der Waals surface area contributed by atoms with E-state index in [4.69, 9.17) is 101 Å². The van der Waals surface area contributed by atoms with Gasteiger partial charge in [0.2, 0.25) is 0 Å². The van der Waals surface area contributed by atoms with Crippen molar-refractivity contribution in [3.05, 3.63) is 194 Å². The molecule has 6 aliphatic heterocycles. The summed E-state index contributed by atoms with van der Waals surface area (Å²) in [6.07, 6.45) is 46.7. The van der Waals surface area contributed by atoms with Crippen molar-refractivity contribution in [3.8, 4) is 98.8 Å². The first-order valence-electron chi connectivity index (χ1n) is 31.4. The monoisotopic (exact) mass is 1460 g/mol. The van der Waals surface area contributed by atoms with Crippen LogP contribution in [0.4, 0.5) is 45.5 Å². The molecular formula is C72H64N8O12Si8. The van der Waals surface area contributed by atoms with E-state index in [9.17, 15) is 0 Å². The maximum atomic E-state index is 8.47. The molecule has 28 heteroatoms. The molecule has 8 N–H and O–H groups in total. The molecule has 6 saturated heterocycles. The van der Waals surface area contributed by atoms with E-state index in [0.717, 1.165) is 0 Å². The first kappa shape index (κ1) is 68.4. The molecule has 6 fully saturated rings. The lowest BCUT2D eigenvalue weighted by Crippen LogP contribution is -2.96. The van der Waals surface area contributed by atoms with E-state index in [1.54, 1.807) is 0 Å². The molecule has 8 aromatic rings. The van der Waals surface area contributed by atoms with Crippen LogP contribution in [0.5, 0.6) is 0 Å². The molecule has 496 valence electrons. The third kappa shape index (κ3) is 13.5. The first-order chi connectivity index (χ1) is 48.8. The summed E-state index contributed by atoms with van der Waals surface area (Å²) >= 11 is 0. The maximum Gasteiger partial charge on any atom is 0.515 e. The molecule has 14 rings (SSSR count). The predicted molar refractivity (Wildman–Crippen MR) is 406 cm³/mol. The lowest BCUT2D eigenvalue weighted by molar-refractivity contribution is -0.00297. The number of terminal acetylenes is 8. The van der Waals surface area contributed by atoms with E-state index < -0.39 is 70.4 Å². The van der Waals surface area contributed by atoms with Crippen molar-refractivity contribution in [1.29, 1.82) is 0 Å². The number of nitrogens with one attached hydrogen (secondary N) is 8. The van der Waals surface area contributed by atoms with Gasteiger partial charge < -0.3 is 91.9 Å². The highest BCUT2D eigenvalue weighted by Crippen LogP contribution is 2.49. The number of rotatable bonds is 24. The van der Waals surface area contributed by atoms with Gasteiger partial charge in [-0.05, 0) is 97.1 Å². The van der Waals surface area contributed by atoms with Crippen molar-refractivity contribution in [2.24, 2.45) is 0 Å². The third-order valence-electron chi connectivity index (χ3n) is 16.3. The second-order valence-electron chi connectivity index (χ2n) is 22.8. The summed E-state index contributed by atoms with van der Waals surface area (Å²) in [5, 5.41) is 29.3.